The highest BCUT2D eigenvalue weighted by Crippen LogP contribution is 2.37. The van der Waals surface area contributed by atoms with E-state index in [-0.39, 0.29) is 24.2 Å². The zero-order chi connectivity index (χ0) is 28.3. The number of nitrogens with one attached hydrogen (secondary N) is 1. The Labute approximate surface area is 223 Å². The summed E-state index contributed by atoms with van der Waals surface area (Å²) in [6.45, 7) is 4.80. The number of fused-ring (bicyclic) bond motifs is 1. The van der Waals surface area contributed by atoms with E-state index in [2.05, 4.69) is 15.3 Å². The third kappa shape index (κ3) is 6.17. The summed E-state index contributed by atoms with van der Waals surface area (Å²) < 4.78 is 60.5. The predicted molar refractivity (Wildman–Crippen MR) is 138 cm³/mol. The van der Waals surface area contributed by atoms with Crippen molar-refractivity contribution in [3.63, 3.8) is 0 Å². The van der Waals surface area contributed by atoms with Crippen LogP contribution in [0.4, 0.5) is 19.0 Å². The largest absolute Gasteiger partial charge is 0.493 e. The fourth-order valence-corrected chi connectivity index (χ4v) is 4.46. The van der Waals surface area contributed by atoms with Gasteiger partial charge in [0.2, 0.25) is 5.91 Å². The summed E-state index contributed by atoms with van der Waals surface area (Å²) >= 11 is 0. The first-order chi connectivity index (χ1) is 18.5. The van der Waals surface area contributed by atoms with Crippen LogP contribution < -0.4 is 14.8 Å². The number of alkyl halides is 2. The Morgan fingerprint density at radius 1 is 1.31 bits per heavy atom. The van der Waals surface area contributed by atoms with Crippen LogP contribution >= 0.6 is 0 Å². The quantitative estimate of drug-likeness (QED) is 0.414. The predicted octanol–water partition coefficient (Wildman–Crippen LogP) is 3.97. The lowest BCUT2D eigenvalue weighted by Gasteiger charge is -2.32. The van der Waals surface area contributed by atoms with E-state index >= 15 is 4.39 Å². The first kappa shape index (κ1) is 28.4. The highest BCUT2D eigenvalue weighted by atomic mass is 19.3. The molecule has 210 valence electrons. The molecule has 0 spiro atoms. The van der Waals surface area contributed by atoms with Crippen LogP contribution in [0.25, 0.3) is 10.9 Å². The molecule has 0 unspecified atom stereocenters. The molecule has 2 aromatic carbocycles. The van der Waals surface area contributed by atoms with Crippen LogP contribution in [0.1, 0.15) is 36.8 Å². The van der Waals surface area contributed by atoms with Gasteiger partial charge in [-0.1, -0.05) is 12.1 Å². The molecule has 1 saturated heterocycles. The maximum absolute atomic E-state index is 15.1. The number of amides is 1. The van der Waals surface area contributed by atoms with E-state index in [0.29, 0.717) is 53.7 Å². The minimum absolute atomic E-state index is 0.0144. The van der Waals surface area contributed by atoms with E-state index in [0.717, 1.165) is 6.07 Å². The Morgan fingerprint density at radius 3 is 2.77 bits per heavy atom. The number of carbonyl (C=O) groups excluding carboxylic acids is 1. The van der Waals surface area contributed by atoms with Crippen LogP contribution in [-0.2, 0) is 15.5 Å². The number of anilines is 1. The normalized spacial score (nSPS) is 16.7. The number of nitrogens with zero attached hydrogens (tertiary/aromatic N) is 3. The summed E-state index contributed by atoms with van der Waals surface area (Å²) in [6.07, 6.45) is -0.331. The molecule has 0 saturated carbocycles. The molecule has 2 heterocycles. The van der Waals surface area contributed by atoms with Gasteiger partial charge < -0.3 is 29.5 Å². The van der Waals surface area contributed by atoms with Gasteiger partial charge in [-0.3, -0.25) is 4.79 Å². The van der Waals surface area contributed by atoms with Crippen LogP contribution in [0, 0.1) is 12.7 Å². The van der Waals surface area contributed by atoms with Gasteiger partial charge in [-0.25, -0.2) is 14.4 Å². The zero-order valence-electron chi connectivity index (χ0n) is 22.1. The molecule has 3 aromatic rings. The Hall–Kier alpha value is -3.64. The number of aryl methyl sites for hydroxylation is 1. The smallest absolute Gasteiger partial charge is 0.298 e. The number of halogens is 3. The minimum Gasteiger partial charge on any atom is -0.493 e. The van der Waals surface area contributed by atoms with E-state index in [4.69, 9.17) is 19.3 Å². The second-order valence-electron chi connectivity index (χ2n) is 9.35. The first-order valence-electron chi connectivity index (χ1n) is 12.4. The third-order valence-corrected chi connectivity index (χ3v) is 6.54. The topological polar surface area (TPSA) is 106 Å². The van der Waals surface area contributed by atoms with E-state index < -0.39 is 30.0 Å². The second-order valence-corrected chi connectivity index (χ2v) is 9.35. The lowest BCUT2D eigenvalue weighted by atomic mass is 10.00. The van der Waals surface area contributed by atoms with Gasteiger partial charge in [0.15, 0.2) is 11.5 Å². The van der Waals surface area contributed by atoms with Crippen molar-refractivity contribution in [2.45, 2.75) is 38.8 Å². The molecule has 0 aliphatic carbocycles. The molecule has 1 aliphatic rings. The maximum atomic E-state index is 15.1. The number of aromatic nitrogens is 2. The Balaban J connectivity index is 1.63. The van der Waals surface area contributed by atoms with Crippen molar-refractivity contribution in [1.29, 1.82) is 0 Å². The Kier molecular flexibility index (Phi) is 8.45. The van der Waals surface area contributed by atoms with E-state index in [1.54, 1.807) is 30.9 Å². The van der Waals surface area contributed by atoms with Crippen molar-refractivity contribution in [3.8, 4) is 11.5 Å². The van der Waals surface area contributed by atoms with E-state index in [1.165, 1.54) is 26.2 Å². The summed E-state index contributed by atoms with van der Waals surface area (Å²) in [5, 5.41) is 12.7. The van der Waals surface area contributed by atoms with Crippen LogP contribution in [-0.4, -0.2) is 72.0 Å². The number of carbonyl (C=O) groups is 1. The molecular weight excluding hydrogens is 517 g/mol. The fraction of sp³-hybridized carbons (Fsp3) is 0.444. The van der Waals surface area contributed by atoms with Gasteiger partial charge in [0.1, 0.15) is 36.8 Å². The van der Waals surface area contributed by atoms with Crippen molar-refractivity contribution in [2.24, 2.45) is 0 Å². The second kappa shape index (κ2) is 11.6. The van der Waals surface area contributed by atoms with Gasteiger partial charge >= 0.3 is 0 Å². The monoisotopic (exact) mass is 548 g/mol. The number of ether oxygens (including phenoxy) is 3. The average Bonchev–Trinajstić information content (AvgIpc) is 2.91. The lowest BCUT2D eigenvalue weighted by molar-refractivity contribution is -0.137. The standard InChI is InChI=1S/C27H31F3N4O5/c1-15(19-6-5-7-21(25(19)28)27(29,30)14-35)31-26-20-10-24(23(37-4)11-22(20)32-16(2)33-26)39-13-18-12-34(17(3)36)8-9-38-18/h5-7,10-11,15,18,35H,8-9,12-14H2,1-4H3,(H,31,32,33)/t15-,18+/m1/s1. The molecule has 2 N–H and O–H groups in total. The molecular formula is C27H31F3N4O5. The van der Waals surface area contributed by atoms with Gasteiger partial charge in [0.05, 0.1) is 37.4 Å². The summed E-state index contributed by atoms with van der Waals surface area (Å²) in [4.78, 5) is 22.4. The number of morpholine rings is 1. The molecule has 4 rings (SSSR count). The van der Waals surface area contributed by atoms with Crippen LogP contribution in [0.2, 0.25) is 0 Å². The average molecular weight is 549 g/mol. The molecule has 9 nitrogen and oxygen atoms in total. The molecule has 12 heteroatoms. The van der Waals surface area contributed by atoms with E-state index in [9.17, 15) is 13.6 Å². The SMILES string of the molecule is COc1cc2nc(C)nc(N[C@H](C)c3cccc(C(F)(F)CO)c3F)c2cc1OC[C@@H]1CN(C(C)=O)CCO1. The van der Waals surface area contributed by atoms with Gasteiger partial charge in [-0.05, 0) is 26.0 Å². The number of aliphatic hydroxyl groups excluding tert-OH is 1. The van der Waals surface area contributed by atoms with Crippen molar-refractivity contribution < 1.29 is 37.3 Å². The number of hydrogen-bond donors (Lipinski definition) is 2. The van der Waals surface area contributed by atoms with Crippen molar-refractivity contribution in [2.75, 3.05) is 45.3 Å². The number of rotatable bonds is 9. The molecule has 2 atom stereocenters. The minimum atomic E-state index is -3.72. The molecule has 1 amide bonds. The van der Waals surface area contributed by atoms with Crippen molar-refractivity contribution >= 4 is 22.6 Å². The van der Waals surface area contributed by atoms with Crippen LogP contribution in [0.15, 0.2) is 30.3 Å². The number of hydrogen-bond acceptors (Lipinski definition) is 8. The summed E-state index contributed by atoms with van der Waals surface area (Å²) in [5.41, 5.74) is -0.368. The van der Waals surface area contributed by atoms with Crippen molar-refractivity contribution in [3.05, 3.63) is 53.1 Å². The molecule has 1 aliphatic heterocycles. The Bertz CT molecular complexity index is 1360. The zero-order valence-corrected chi connectivity index (χ0v) is 22.1. The first-order valence-corrected chi connectivity index (χ1v) is 12.4. The highest BCUT2D eigenvalue weighted by molar-refractivity contribution is 5.92. The molecule has 1 aromatic heterocycles. The van der Waals surface area contributed by atoms with Gasteiger partial charge in [-0.15, -0.1) is 0 Å². The van der Waals surface area contributed by atoms with Gasteiger partial charge in [0, 0.05) is 30.5 Å². The van der Waals surface area contributed by atoms with E-state index in [1.807, 2.05) is 0 Å². The summed E-state index contributed by atoms with van der Waals surface area (Å²) in [7, 11) is 1.50. The number of methoxy groups -OCH3 is 1. The fourth-order valence-electron chi connectivity index (χ4n) is 4.46. The summed E-state index contributed by atoms with van der Waals surface area (Å²) in [5.74, 6) is -3.29. The van der Waals surface area contributed by atoms with Crippen LogP contribution in [0.5, 0.6) is 11.5 Å². The van der Waals surface area contributed by atoms with Gasteiger partial charge in [-0.2, -0.15) is 8.78 Å². The maximum Gasteiger partial charge on any atom is 0.298 e. The number of benzene rings is 2. The van der Waals surface area contributed by atoms with Crippen molar-refractivity contribution in [1.82, 2.24) is 14.9 Å². The van der Waals surface area contributed by atoms with Gasteiger partial charge in [0.25, 0.3) is 5.92 Å². The Morgan fingerprint density at radius 2 is 2.08 bits per heavy atom. The molecule has 0 radical (unpaired) electrons. The summed E-state index contributed by atoms with van der Waals surface area (Å²) in [6, 6.07) is 6.26. The number of aliphatic hydroxyl groups is 1. The highest BCUT2D eigenvalue weighted by Gasteiger charge is 2.35. The van der Waals surface area contributed by atoms with Crippen LogP contribution in [0.3, 0.4) is 0 Å². The lowest BCUT2D eigenvalue weighted by Crippen LogP contribution is -2.46. The molecule has 39 heavy (non-hydrogen) atoms. The molecule has 1 fully saturated rings. The third-order valence-electron chi connectivity index (χ3n) is 6.54. The molecule has 0 bridgehead atoms.